The van der Waals surface area contributed by atoms with E-state index < -0.39 is 11.4 Å². The largest absolute Gasteiger partial charge is 0.481 e. The number of aliphatic carboxylic acids is 1. The van der Waals surface area contributed by atoms with Gasteiger partial charge >= 0.3 is 5.97 Å². The number of anilines is 1. The number of halogens is 1. The van der Waals surface area contributed by atoms with Crippen molar-refractivity contribution in [3.05, 3.63) is 28.2 Å². The van der Waals surface area contributed by atoms with E-state index in [0.29, 0.717) is 0 Å². The molecule has 1 N–H and O–H groups in total. The normalized spacial score (nSPS) is 22.1. The summed E-state index contributed by atoms with van der Waals surface area (Å²) in [5.41, 5.74) is 1.44. The molecule has 4 nitrogen and oxygen atoms in total. The highest BCUT2D eigenvalue weighted by molar-refractivity contribution is 9.10. The summed E-state index contributed by atoms with van der Waals surface area (Å²) in [5.74, 6) is -0.670. The van der Waals surface area contributed by atoms with Gasteiger partial charge in [-0.1, -0.05) is 25.3 Å². The molecule has 3 rings (SSSR count). The molecule has 1 saturated heterocycles. The van der Waals surface area contributed by atoms with Gasteiger partial charge in [0.15, 0.2) is 0 Å². The fourth-order valence-corrected chi connectivity index (χ4v) is 4.52. The molecule has 1 aromatic rings. The fourth-order valence-electron chi connectivity index (χ4n) is 3.89. The molecule has 1 aromatic carbocycles. The standard InChI is InChI=1S/C18H25BrN2O2/c1-20-9-11-21(12-10-20)16-6-5-14(13-15(16)19)18(17(22)23)7-3-2-4-8-18/h5-6,13H,2-4,7-12H2,1H3,(H,22,23). The number of hydrogen-bond donors (Lipinski definition) is 1. The molecular weight excluding hydrogens is 356 g/mol. The number of carbonyl (C=O) groups is 1. The van der Waals surface area contributed by atoms with E-state index in [1.165, 1.54) is 5.69 Å². The molecule has 2 aliphatic rings. The maximum absolute atomic E-state index is 12.0. The van der Waals surface area contributed by atoms with Gasteiger partial charge in [0, 0.05) is 30.7 Å². The van der Waals surface area contributed by atoms with Crippen LogP contribution in [-0.2, 0) is 10.2 Å². The smallest absolute Gasteiger partial charge is 0.314 e. The highest BCUT2D eigenvalue weighted by Crippen LogP contribution is 2.42. The zero-order valence-corrected chi connectivity index (χ0v) is 15.3. The van der Waals surface area contributed by atoms with E-state index in [-0.39, 0.29) is 0 Å². The molecule has 0 bridgehead atoms. The molecule has 126 valence electrons. The van der Waals surface area contributed by atoms with Crippen LogP contribution in [0, 0.1) is 0 Å². The summed E-state index contributed by atoms with van der Waals surface area (Å²) in [5, 5.41) is 9.85. The van der Waals surface area contributed by atoms with E-state index in [4.69, 9.17) is 0 Å². The molecule has 23 heavy (non-hydrogen) atoms. The monoisotopic (exact) mass is 380 g/mol. The lowest BCUT2D eigenvalue weighted by molar-refractivity contribution is -0.145. The Morgan fingerprint density at radius 3 is 2.35 bits per heavy atom. The molecule has 0 unspecified atom stereocenters. The number of benzene rings is 1. The Morgan fingerprint density at radius 1 is 1.13 bits per heavy atom. The van der Waals surface area contributed by atoms with Crippen molar-refractivity contribution in [3.63, 3.8) is 0 Å². The predicted octanol–water partition coefficient (Wildman–Crippen LogP) is 3.49. The third kappa shape index (κ3) is 3.26. The summed E-state index contributed by atoms with van der Waals surface area (Å²) in [6, 6.07) is 6.19. The second-order valence-electron chi connectivity index (χ2n) is 6.90. The van der Waals surface area contributed by atoms with Gasteiger partial charge in [0.05, 0.1) is 11.1 Å². The molecule has 1 saturated carbocycles. The van der Waals surface area contributed by atoms with Crippen LogP contribution >= 0.6 is 15.9 Å². The molecule has 0 radical (unpaired) electrons. The number of rotatable bonds is 3. The number of carboxylic acid groups (broad SMARTS) is 1. The van der Waals surface area contributed by atoms with Crippen LogP contribution in [0.4, 0.5) is 5.69 Å². The first kappa shape index (κ1) is 16.8. The Bertz CT molecular complexity index is 576. The first-order valence-electron chi connectivity index (χ1n) is 8.50. The van der Waals surface area contributed by atoms with Gasteiger partial charge in [0.25, 0.3) is 0 Å². The summed E-state index contributed by atoms with van der Waals surface area (Å²) in [7, 11) is 2.15. The average molecular weight is 381 g/mol. The number of nitrogens with zero attached hydrogens (tertiary/aromatic N) is 2. The predicted molar refractivity (Wildman–Crippen MR) is 96.3 cm³/mol. The van der Waals surface area contributed by atoms with Crippen molar-refractivity contribution in [1.29, 1.82) is 0 Å². The van der Waals surface area contributed by atoms with Gasteiger partial charge in [-0.15, -0.1) is 0 Å². The molecular formula is C18H25BrN2O2. The van der Waals surface area contributed by atoms with E-state index >= 15 is 0 Å². The summed E-state index contributed by atoms with van der Waals surface area (Å²) in [6.45, 7) is 4.15. The van der Waals surface area contributed by atoms with Crippen molar-refractivity contribution < 1.29 is 9.90 Å². The molecule has 1 aliphatic heterocycles. The van der Waals surface area contributed by atoms with Crippen LogP contribution in [0.3, 0.4) is 0 Å². The number of likely N-dealkylation sites (N-methyl/N-ethyl adjacent to an activating group) is 1. The van der Waals surface area contributed by atoms with Crippen LogP contribution < -0.4 is 4.90 Å². The van der Waals surface area contributed by atoms with Crippen molar-refractivity contribution in [2.75, 3.05) is 38.1 Å². The molecule has 0 atom stereocenters. The Kier molecular flexibility index (Phi) is 4.97. The summed E-state index contributed by atoms with van der Waals surface area (Å²) < 4.78 is 1.02. The van der Waals surface area contributed by atoms with Crippen LogP contribution in [0.2, 0.25) is 0 Å². The second-order valence-corrected chi connectivity index (χ2v) is 7.76. The van der Waals surface area contributed by atoms with Crippen molar-refractivity contribution >= 4 is 27.6 Å². The maximum atomic E-state index is 12.0. The molecule has 1 heterocycles. The lowest BCUT2D eigenvalue weighted by atomic mass is 9.69. The van der Waals surface area contributed by atoms with Gasteiger partial charge in [0.2, 0.25) is 0 Å². The van der Waals surface area contributed by atoms with Crippen molar-refractivity contribution in [1.82, 2.24) is 4.90 Å². The third-order valence-electron chi connectivity index (χ3n) is 5.46. The van der Waals surface area contributed by atoms with Gasteiger partial charge in [-0.25, -0.2) is 0 Å². The van der Waals surface area contributed by atoms with Gasteiger partial charge in [0.1, 0.15) is 0 Å². The highest BCUT2D eigenvalue weighted by Gasteiger charge is 2.41. The minimum atomic E-state index is -0.693. The lowest BCUT2D eigenvalue weighted by Crippen LogP contribution is -2.44. The van der Waals surface area contributed by atoms with E-state index in [0.717, 1.165) is 68.3 Å². The fraction of sp³-hybridized carbons (Fsp3) is 0.611. The summed E-state index contributed by atoms with van der Waals surface area (Å²) >= 11 is 3.69. The topological polar surface area (TPSA) is 43.8 Å². The minimum Gasteiger partial charge on any atom is -0.481 e. The third-order valence-corrected chi connectivity index (χ3v) is 6.10. The zero-order chi connectivity index (χ0) is 16.4. The number of carboxylic acids is 1. The van der Waals surface area contributed by atoms with Crippen LogP contribution in [0.1, 0.15) is 37.7 Å². The molecule has 2 fully saturated rings. The maximum Gasteiger partial charge on any atom is 0.314 e. The van der Waals surface area contributed by atoms with Gasteiger partial charge in [-0.05, 0) is 53.5 Å². The molecule has 0 amide bonds. The second kappa shape index (κ2) is 6.81. The SMILES string of the molecule is CN1CCN(c2ccc(C3(C(=O)O)CCCCC3)cc2Br)CC1. The molecule has 1 aliphatic carbocycles. The van der Waals surface area contributed by atoms with E-state index in [1.54, 1.807) is 0 Å². The van der Waals surface area contributed by atoms with Crippen LogP contribution in [0.25, 0.3) is 0 Å². The van der Waals surface area contributed by atoms with Crippen molar-refractivity contribution in [2.24, 2.45) is 0 Å². The van der Waals surface area contributed by atoms with Crippen molar-refractivity contribution in [2.45, 2.75) is 37.5 Å². The zero-order valence-electron chi connectivity index (χ0n) is 13.7. The molecule has 5 heteroatoms. The van der Waals surface area contributed by atoms with Crippen molar-refractivity contribution in [3.8, 4) is 0 Å². The van der Waals surface area contributed by atoms with Crippen LogP contribution in [0.5, 0.6) is 0 Å². The number of piperazine rings is 1. The Hall–Kier alpha value is -1.07. The molecule has 0 spiro atoms. The van der Waals surface area contributed by atoms with Gasteiger partial charge < -0.3 is 14.9 Å². The minimum absolute atomic E-state index is 0.670. The van der Waals surface area contributed by atoms with Crippen LogP contribution in [-0.4, -0.2) is 49.2 Å². The van der Waals surface area contributed by atoms with Crippen LogP contribution in [0.15, 0.2) is 22.7 Å². The first-order chi connectivity index (χ1) is 11.0. The highest BCUT2D eigenvalue weighted by atomic mass is 79.9. The summed E-state index contributed by atoms with van der Waals surface area (Å²) in [4.78, 5) is 16.7. The average Bonchev–Trinajstić information content (AvgIpc) is 2.56. The lowest BCUT2D eigenvalue weighted by Gasteiger charge is -2.36. The van der Waals surface area contributed by atoms with Gasteiger partial charge in [-0.2, -0.15) is 0 Å². The first-order valence-corrected chi connectivity index (χ1v) is 9.29. The summed E-state index contributed by atoms with van der Waals surface area (Å²) in [6.07, 6.45) is 4.66. The Balaban J connectivity index is 1.87. The Morgan fingerprint density at radius 2 is 1.78 bits per heavy atom. The Labute approximate surface area is 146 Å². The van der Waals surface area contributed by atoms with Gasteiger partial charge in [-0.3, -0.25) is 4.79 Å². The quantitative estimate of drug-likeness (QED) is 0.871. The van der Waals surface area contributed by atoms with E-state index in [1.807, 2.05) is 12.1 Å². The number of hydrogen-bond acceptors (Lipinski definition) is 3. The van der Waals surface area contributed by atoms with E-state index in [2.05, 4.69) is 38.8 Å². The molecule has 0 aromatic heterocycles. The van der Waals surface area contributed by atoms with E-state index in [9.17, 15) is 9.90 Å².